The first-order valence-electron chi connectivity index (χ1n) is 4.74. The van der Waals surface area contributed by atoms with E-state index in [4.69, 9.17) is 5.73 Å². The van der Waals surface area contributed by atoms with Gasteiger partial charge in [0, 0.05) is 17.2 Å². The largest absolute Gasteiger partial charge is 0.383 e. The van der Waals surface area contributed by atoms with Crippen molar-refractivity contribution in [1.82, 2.24) is 4.98 Å². The number of hydrogen-bond acceptors (Lipinski definition) is 4. The number of nitrogens with zero attached hydrogens (tertiary/aromatic N) is 2. The quantitative estimate of drug-likeness (QED) is 0.637. The van der Waals surface area contributed by atoms with E-state index in [1.807, 2.05) is 0 Å². The van der Waals surface area contributed by atoms with Crippen molar-refractivity contribution in [3.63, 3.8) is 0 Å². The highest BCUT2D eigenvalue weighted by Gasteiger charge is 2.14. The van der Waals surface area contributed by atoms with E-state index in [1.54, 1.807) is 6.07 Å². The number of benzene rings is 1. The van der Waals surface area contributed by atoms with E-state index < -0.39 is 10.7 Å². The van der Waals surface area contributed by atoms with Crippen molar-refractivity contribution in [2.75, 3.05) is 5.73 Å². The van der Waals surface area contributed by atoms with Gasteiger partial charge in [-0.3, -0.25) is 10.1 Å². The zero-order chi connectivity index (χ0) is 12.4. The summed E-state index contributed by atoms with van der Waals surface area (Å²) in [5, 5.41) is 10.6. The van der Waals surface area contributed by atoms with E-state index in [1.165, 1.54) is 24.3 Å². The molecular formula is C11H8FN3O2. The minimum atomic E-state index is -0.600. The summed E-state index contributed by atoms with van der Waals surface area (Å²) < 4.78 is 13.5. The lowest BCUT2D eigenvalue weighted by atomic mass is 10.1. The van der Waals surface area contributed by atoms with Crippen molar-refractivity contribution in [2.24, 2.45) is 0 Å². The zero-order valence-electron chi connectivity index (χ0n) is 8.63. The Morgan fingerprint density at radius 2 is 2.00 bits per heavy atom. The summed E-state index contributed by atoms with van der Waals surface area (Å²) in [6.07, 6.45) is 1.04. The van der Waals surface area contributed by atoms with Gasteiger partial charge in [-0.25, -0.2) is 9.37 Å². The molecule has 2 rings (SSSR count). The lowest BCUT2D eigenvalue weighted by molar-refractivity contribution is -0.385. The molecule has 86 valence electrons. The van der Waals surface area contributed by atoms with Gasteiger partial charge in [0.15, 0.2) is 0 Å². The molecule has 0 saturated carbocycles. The summed E-state index contributed by atoms with van der Waals surface area (Å²) >= 11 is 0. The van der Waals surface area contributed by atoms with E-state index in [0.717, 1.165) is 6.20 Å². The molecule has 0 aliphatic heterocycles. The van der Waals surface area contributed by atoms with Crippen LogP contribution in [0.25, 0.3) is 11.1 Å². The summed E-state index contributed by atoms with van der Waals surface area (Å²) in [5.41, 5.74) is 5.78. The molecule has 0 amide bonds. The van der Waals surface area contributed by atoms with Crippen LogP contribution in [0.4, 0.5) is 15.9 Å². The van der Waals surface area contributed by atoms with E-state index in [0.29, 0.717) is 0 Å². The molecule has 5 nitrogen and oxygen atoms in total. The molecule has 2 aromatic rings. The molecule has 0 aliphatic carbocycles. The highest BCUT2D eigenvalue weighted by atomic mass is 19.1. The molecule has 17 heavy (non-hydrogen) atoms. The van der Waals surface area contributed by atoms with E-state index >= 15 is 0 Å². The van der Waals surface area contributed by atoms with Crippen LogP contribution in [0.5, 0.6) is 0 Å². The number of nitro groups is 1. The average molecular weight is 233 g/mol. The molecule has 0 saturated heterocycles. The molecule has 0 unspecified atom stereocenters. The predicted molar refractivity (Wildman–Crippen MR) is 60.7 cm³/mol. The zero-order valence-corrected chi connectivity index (χ0v) is 8.63. The second-order valence-corrected chi connectivity index (χ2v) is 3.36. The first-order valence-corrected chi connectivity index (χ1v) is 4.74. The number of pyridine rings is 1. The van der Waals surface area contributed by atoms with Gasteiger partial charge in [0.05, 0.1) is 4.92 Å². The Kier molecular flexibility index (Phi) is 2.70. The molecule has 1 aromatic carbocycles. The van der Waals surface area contributed by atoms with Gasteiger partial charge in [0.25, 0.3) is 5.69 Å². The molecule has 1 heterocycles. The Morgan fingerprint density at radius 1 is 1.29 bits per heavy atom. The minimum Gasteiger partial charge on any atom is -0.383 e. The van der Waals surface area contributed by atoms with Crippen LogP contribution in [0, 0.1) is 15.9 Å². The summed E-state index contributed by atoms with van der Waals surface area (Å²) in [6.45, 7) is 0. The van der Waals surface area contributed by atoms with Crippen LogP contribution in [0.3, 0.4) is 0 Å². The topological polar surface area (TPSA) is 82.0 Å². The smallest absolute Gasteiger partial charge is 0.288 e. The van der Waals surface area contributed by atoms with Gasteiger partial charge in [0.2, 0.25) is 0 Å². The van der Waals surface area contributed by atoms with Crippen molar-refractivity contribution >= 4 is 11.5 Å². The Morgan fingerprint density at radius 3 is 2.65 bits per heavy atom. The molecule has 0 radical (unpaired) electrons. The lowest BCUT2D eigenvalue weighted by Gasteiger charge is -2.05. The summed E-state index contributed by atoms with van der Waals surface area (Å²) in [5.74, 6) is -0.442. The van der Waals surface area contributed by atoms with Crippen LogP contribution in [-0.4, -0.2) is 9.91 Å². The fraction of sp³-hybridized carbons (Fsp3) is 0. The van der Waals surface area contributed by atoms with E-state index in [2.05, 4.69) is 4.98 Å². The highest BCUT2D eigenvalue weighted by molar-refractivity contribution is 5.75. The van der Waals surface area contributed by atoms with Crippen molar-refractivity contribution in [3.8, 4) is 11.1 Å². The van der Waals surface area contributed by atoms with Crippen LogP contribution in [-0.2, 0) is 0 Å². The van der Waals surface area contributed by atoms with Gasteiger partial charge in [-0.1, -0.05) is 18.2 Å². The highest BCUT2D eigenvalue weighted by Crippen LogP contribution is 2.29. The molecule has 0 aliphatic rings. The second-order valence-electron chi connectivity index (χ2n) is 3.36. The Labute approximate surface area is 95.9 Å². The van der Waals surface area contributed by atoms with Crippen molar-refractivity contribution in [3.05, 3.63) is 52.5 Å². The van der Waals surface area contributed by atoms with Gasteiger partial charge in [-0.2, -0.15) is 0 Å². The molecule has 1 aromatic heterocycles. The number of nitrogens with two attached hydrogens (primary N) is 1. The predicted octanol–water partition coefficient (Wildman–Crippen LogP) is 2.38. The SMILES string of the molecule is Nc1ncc([N+](=O)[O-])cc1-c1ccccc1F. The number of halogens is 1. The molecule has 0 spiro atoms. The molecule has 2 N–H and O–H groups in total. The van der Waals surface area contributed by atoms with Gasteiger partial charge in [-0.05, 0) is 6.07 Å². The van der Waals surface area contributed by atoms with Crippen molar-refractivity contribution < 1.29 is 9.31 Å². The monoisotopic (exact) mass is 233 g/mol. The summed E-state index contributed by atoms with van der Waals surface area (Å²) in [4.78, 5) is 13.7. The minimum absolute atomic E-state index is 0.0562. The van der Waals surface area contributed by atoms with Crippen LogP contribution in [0.1, 0.15) is 0 Å². The normalized spacial score (nSPS) is 10.2. The fourth-order valence-electron chi connectivity index (χ4n) is 1.46. The molecule has 0 atom stereocenters. The second kappa shape index (κ2) is 4.17. The van der Waals surface area contributed by atoms with Crippen molar-refractivity contribution in [2.45, 2.75) is 0 Å². The van der Waals surface area contributed by atoms with Gasteiger partial charge in [0.1, 0.15) is 17.8 Å². The van der Waals surface area contributed by atoms with Crippen LogP contribution in [0.2, 0.25) is 0 Å². The Hall–Kier alpha value is -2.50. The van der Waals surface area contributed by atoms with Crippen molar-refractivity contribution in [1.29, 1.82) is 0 Å². The van der Waals surface area contributed by atoms with E-state index in [9.17, 15) is 14.5 Å². The molecule has 0 bridgehead atoms. The maximum Gasteiger partial charge on any atom is 0.288 e. The van der Waals surface area contributed by atoms with Crippen LogP contribution < -0.4 is 5.73 Å². The number of nitrogen functional groups attached to an aromatic ring is 1. The third-order valence-corrected chi connectivity index (χ3v) is 2.28. The average Bonchev–Trinajstić information content (AvgIpc) is 2.30. The molecule has 6 heteroatoms. The number of aromatic nitrogens is 1. The first-order chi connectivity index (χ1) is 8.09. The third-order valence-electron chi connectivity index (χ3n) is 2.28. The molecule has 0 fully saturated rings. The summed E-state index contributed by atoms with van der Waals surface area (Å²) in [6, 6.07) is 7.11. The third kappa shape index (κ3) is 2.05. The number of rotatable bonds is 2. The first kappa shape index (κ1) is 11.0. The molecular weight excluding hydrogens is 225 g/mol. The van der Waals surface area contributed by atoms with Crippen LogP contribution >= 0.6 is 0 Å². The maximum atomic E-state index is 13.5. The fourth-order valence-corrected chi connectivity index (χ4v) is 1.46. The maximum absolute atomic E-state index is 13.5. The summed E-state index contributed by atoms with van der Waals surface area (Å²) in [7, 11) is 0. The van der Waals surface area contributed by atoms with Gasteiger partial charge < -0.3 is 5.73 Å². The standard InChI is InChI=1S/C11H8FN3O2/c12-10-4-2-1-3-8(10)9-5-7(15(16)17)6-14-11(9)13/h1-6H,(H2,13,14). The van der Waals surface area contributed by atoms with Crippen LogP contribution in [0.15, 0.2) is 36.5 Å². The van der Waals surface area contributed by atoms with Gasteiger partial charge >= 0.3 is 0 Å². The Bertz CT molecular complexity index is 587. The van der Waals surface area contributed by atoms with Gasteiger partial charge in [-0.15, -0.1) is 0 Å². The lowest BCUT2D eigenvalue weighted by Crippen LogP contribution is -1.98. The Balaban J connectivity index is 2.63. The number of anilines is 1. The number of hydrogen-bond donors (Lipinski definition) is 1. The van der Waals surface area contributed by atoms with E-state index in [-0.39, 0.29) is 22.6 Å².